The van der Waals surface area contributed by atoms with Crippen molar-refractivity contribution >= 4 is 29.5 Å². The standard InChI is InChI=1S/C34H47FN6O6/c1-21(40(5)33(45)47-34(2,3)4)30(42)39-28(22-12-16-46-17-13-22)20-41-19-24-8-6-7-9-25(24)29(41)32(44)38-27-18-23(10-11-26(27)35)31(43)37-15-14-36/h6-11,18,21-22,28-29H,12-17,19-20,36H2,1-5H3,(H,37,43)(H,38,44)(H,39,42)/t21-,28?,29-/m0/s1. The van der Waals surface area contributed by atoms with E-state index in [1.165, 1.54) is 24.1 Å². The van der Waals surface area contributed by atoms with Crippen molar-refractivity contribution < 1.29 is 33.0 Å². The van der Waals surface area contributed by atoms with Crippen molar-refractivity contribution in [2.24, 2.45) is 11.7 Å². The van der Waals surface area contributed by atoms with Crippen LogP contribution in [0.2, 0.25) is 0 Å². The van der Waals surface area contributed by atoms with Crippen LogP contribution in [0.25, 0.3) is 0 Å². The first-order chi connectivity index (χ1) is 22.3. The molecule has 0 radical (unpaired) electrons. The highest BCUT2D eigenvalue weighted by Gasteiger charge is 2.39. The molecule has 2 heterocycles. The van der Waals surface area contributed by atoms with Gasteiger partial charge in [0.2, 0.25) is 11.8 Å². The van der Waals surface area contributed by atoms with E-state index in [9.17, 15) is 23.6 Å². The maximum Gasteiger partial charge on any atom is 0.410 e. The highest BCUT2D eigenvalue weighted by Crippen LogP contribution is 2.36. The van der Waals surface area contributed by atoms with Crippen LogP contribution in [0.3, 0.4) is 0 Å². The number of carbonyl (C=O) groups is 4. The number of nitrogens with zero attached hydrogens (tertiary/aromatic N) is 2. The molecule has 47 heavy (non-hydrogen) atoms. The summed E-state index contributed by atoms with van der Waals surface area (Å²) < 4.78 is 26.0. The topological polar surface area (TPSA) is 155 Å². The van der Waals surface area contributed by atoms with Gasteiger partial charge in [-0.1, -0.05) is 24.3 Å². The molecular weight excluding hydrogens is 607 g/mol. The van der Waals surface area contributed by atoms with Crippen molar-refractivity contribution in [3.63, 3.8) is 0 Å². The quantitative estimate of drug-likeness (QED) is 0.288. The third kappa shape index (κ3) is 9.27. The molecule has 1 fully saturated rings. The van der Waals surface area contributed by atoms with E-state index >= 15 is 0 Å². The van der Waals surface area contributed by atoms with Gasteiger partial charge in [0.25, 0.3) is 5.91 Å². The van der Waals surface area contributed by atoms with E-state index in [1.807, 2.05) is 29.2 Å². The number of nitrogens with one attached hydrogen (secondary N) is 3. The van der Waals surface area contributed by atoms with Gasteiger partial charge in [-0.2, -0.15) is 0 Å². The minimum Gasteiger partial charge on any atom is -0.444 e. The second-order valence-corrected chi connectivity index (χ2v) is 13.1. The first kappa shape index (κ1) is 35.8. The summed E-state index contributed by atoms with van der Waals surface area (Å²) in [5.41, 5.74) is 6.55. The number of hydrogen-bond acceptors (Lipinski definition) is 8. The van der Waals surface area contributed by atoms with Crippen molar-refractivity contribution in [3.05, 3.63) is 65.0 Å². The lowest BCUT2D eigenvalue weighted by Gasteiger charge is -2.36. The first-order valence-corrected chi connectivity index (χ1v) is 16.0. The van der Waals surface area contributed by atoms with Crippen LogP contribution < -0.4 is 21.7 Å². The van der Waals surface area contributed by atoms with E-state index in [0.717, 1.165) is 17.2 Å². The molecule has 3 atom stereocenters. The molecule has 0 aliphatic carbocycles. The SMILES string of the molecule is C[C@@H](C(=O)NC(CN1Cc2ccccc2[C@H]1C(=O)Nc1cc(C(=O)NCCN)ccc1F)C1CCOCC1)N(C)C(=O)OC(C)(C)C. The molecule has 0 aromatic heterocycles. The Balaban J connectivity index is 1.56. The van der Waals surface area contributed by atoms with Gasteiger partial charge in [-0.3, -0.25) is 24.2 Å². The zero-order chi connectivity index (χ0) is 34.3. The van der Waals surface area contributed by atoms with Crippen LogP contribution >= 0.6 is 0 Å². The van der Waals surface area contributed by atoms with E-state index in [0.29, 0.717) is 39.1 Å². The third-order valence-corrected chi connectivity index (χ3v) is 8.49. The predicted molar refractivity (Wildman–Crippen MR) is 175 cm³/mol. The lowest BCUT2D eigenvalue weighted by Crippen LogP contribution is -2.55. The van der Waals surface area contributed by atoms with Crippen LogP contribution in [0.5, 0.6) is 0 Å². The number of benzene rings is 2. The number of likely N-dealkylation sites (N-methyl/N-ethyl adjacent to an activating group) is 1. The highest BCUT2D eigenvalue weighted by atomic mass is 19.1. The number of ether oxygens (including phenoxy) is 2. The summed E-state index contributed by atoms with van der Waals surface area (Å²) in [6.07, 6.45) is 0.814. The zero-order valence-electron chi connectivity index (χ0n) is 27.8. The maximum absolute atomic E-state index is 14.9. The molecule has 0 spiro atoms. The van der Waals surface area contributed by atoms with Crippen molar-refractivity contribution in [1.82, 2.24) is 20.4 Å². The second kappa shape index (κ2) is 15.7. The first-order valence-electron chi connectivity index (χ1n) is 16.0. The number of hydrogen-bond donors (Lipinski definition) is 4. The molecule has 4 rings (SSSR count). The van der Waals surface area contributed by atoms with Crippen LogP contribution in [0.15, 0.2) is 42.5 Å². The van der Waals surface area contributed by atoms with E-state index in [-0.39, 0.29) is 42.2 Å². The maximum atomic E-state index is 14.9. The Morgan fingerprint density at radius 2 is 1.83 bits per heavy atom. The molecule has 256 valence electrons. The number of fused-ring (bicyclic) bond motifs is 1. The van der Waals surface area contributed by atoms with Gasteiger partial charge < -0.3 is 31.2 Å². The van der Waals surface area contributed by atoms with Crippen LogP contribution in [0.4, 0.5) is 14.9 Å². The van der Waals surface area contributed by atoms with E-state index in [1.54, 1.807) is 27.7 Å². The smallest absolute Gasteiger partial charge is 0.410 e. The molecule has 12 nitrogen and oxygen atoms in total. The number of rotatable bonds is 11. The molecule has 0 saturated carbocycles. The monoisotopic (exact) mass is 654 g/mol. The van der Waals surface area contributed by atoms with Gasteiger partial charge in [0, 0.05) is 58.0 Å². The molecule has 2 aromatic rings. The van der Waals surface area contributed by atoms with Crippen LogP contribution in [-0.2, 0) is 25.6 Å². The molecule has 0 bridgehead atoms. The van der Waals surface area contributed by atoms with Crippen LogP contribution in [0.1, 0.15) is 68.1 Å². The Morgan fingerprint density at radius 1 is 1.13 bits per heavy atom. The molecule has 1 saturated heterocycles. The summed E-state index contributed by atoms with van der Waals surface area (Å²) in [4.78, 5) is 56.0. The Hall–Kier alpha value is -4.07. The van der Waals surface area contributed by atoms with Gasteiger partial charge in [0.1, 0.15) is 23.5 Å². The summed E-state index contributed by atoms with van der Waals surface area (Å²) in [6, 6.07) is 9.35. The van der Waals surface area contributed by atoms with Crippen molar-refractivity contribution in [1.29, 1.82) is 0 Å². The molecule has 2 aromatic carbocycles. The number of nitrogens with two attached hydrogens (primary N) is 1. The largest absolute Gasteiger partial charge is 0.444 e. The van der Waals surface area contributed by atoms with E-state index in [2.05, 4.69) is 16.0 Å². The van der Waals surface area contributed by atoms with Gasteiger partial charge >= 0.3 is 6.09 Å². The number of amides is 4. The molecule has 5 N–H and O–H groups in total. The average molecular weight is 655 g/mol. The normalized spacial score (nSPS) is 18.1. The van der Waals surface area contributed by atoms with Gasteiger partial charge in [0.05, 0.1) is 5.69 Å². The van der Waals surface area contributed by atoms with Gasteiger partial charge in [0.15, 0.2) is 0 Å². The molecular formula is C34H47FN6O6. The molecule has 2 aliphatic rings. The van der Waals surface area contributed by atoms with E-state index in [4.69, 9.17) is 15.2 Å². The summed E-state index contributed by atoms with van der Waals surface area (Å²) in [5.74, 6) is -1.87. The average Bonchev–Trinajstić information content (AvgIpc) is 3.41. The molecule has 13 heteroatoms. The molecule has 2 aliphatic heterocycles. The second-order valence-electron chi connectivity index (χ2n) is 13.1. The van der Waals surface area contributed by atoms with Gasteiger partial charge in [-0.15, -0.1) is 0 Å². The summed E-state index contributed by atoms with van der Waals surface area (Å²) in [7, 11) is 1.52. The van der Waals surface area contributed by atoms with Gasteiger partial charge in [-0.05, 0) is 75.8 Å². The fourth-order valence-corrected chi connectivity index (χ4v) is 5.83. The van der Waals surface area contributed by atoms with Crippen LogP contribution in [0, 0.1) is 11.7 Å². The fourth-order valence-electron chi connectivity index (χ4n) is 5.83. The zero-order valence-corrected chi connectivity index (χ0v) is 27.8. The van der Waals surface area contributed by atoms with Crippen molar-refractivity contribution in [3.8, 4) is 0 Å². The summed E-state index contributed by atoms with van der Waals surface area (Å²) >= 11 is 0. The summed E-state index contributed by atoms with van der Waals surface area (Å²) in [5, 5.41) is 8.51. The van der Waals surface area contributed by atoms with Crippen LogP contribution in [-0.4, -0.2) is 91.2 Å². The third-order valence-electron chi connectivity index (χ3n) is 8.49. The minimum absolute atomic E-state index is 0.0558. The number of carbonyl (C=O) groups excluding carboxylic acids is 4. The minimum atomic E-state index is -0.820. The van der Waals surface area contributed by atoms with Gasteiger partial charge in [-0.25, -0.2) is 9.18 Å². The fraction of sp³-hybridized carbons (Fsp3) is 0.529. The Bertz CT molecular complexity index is 1440. The van der Waals surface area contributed by atoms with E-state index < -0.39 is 41.4 Å². The number of anilines is 1. The van der Waals surface area contributed by atoms with Crippen molar-refractivity contribution in [2.75, 3.05) is 45.2 Å². The number of halogens is 1. The van der Waals surface area contributed by atoms with Crippen molar-refractivity contribution in [2.45, 2.75) is 70.8 Å². The Morgan fingerprint density at radius 3 is 2.51 bits per heavy atom. The Labute approximate surface area is 275 Å². The predicted octanol–water partition coefficient (Wildman–Crippen LogP) is 3.18. The highest BCUT2D eigenvalue weighted by molar-refractivity contribution is 5.99. The lowest BCUT2D eigenvalue weighted by molar-refractivity contribution is -0.127. The Kier molecular flexibility index (Phi) is 11.9. The molecule has 4 amide bonds. The lowest BCUT2D eigenvalue weighted by atomic mass is 9.90. The molecule has 1 unspecified atom stereocenters. The summed E-state index contributed by atoms with van der Waals surface area (Å²) in [6.45, 7) is 9.27.